The maximum Gasteiger partial charge on any atom is 0.291 e. The summed E-state index contributed by atoms with van der Waals surface area (Å²) in [6, 6.07) is 5.74. The van der Waals surface area contributed by atoms with Crippen LogP contribution in [0.5, 0.6) is 11.5 Å². The highest BCUT2D eigenvalue weighted by molar-refractivity contribution is 7.19. The Hall–Kier alpha value is -3.20. The summed E-state index contributed by atoms with van der Waals surface area (Å²) >= 11 is 1.76. The van der Waals surface area contributed by atoms with E-state index in [2.05, 4.69) is 22.3 Å². The van der Waals surface area contributed by atoms with Crippen LogP contribution >= 0.6 is 11.3 Å². The van der Waals surface area contributed by atoms with Gasteiger partial charge < -0.3 is 14.8 Å². The lowest BCUT2D eigenvalue weighted by atomic mass is 9.87. The Kier molecular flexibility index (Phi) is 5.65. The molecule has 1 atom stereocenters. The van der Waals surface area contributed by atoms with E-state index < -0.39 is 0 Å². The third kappa shape index (κ3) is 3.80. The van der Waals surface area contributed by atoms with E-state index in [4.69, 9.17) is 14.5 Å². The van der Waals surface area contributed by atoms with Gasteiger partial charge in [0.15, 0.2) is 17.1 Å². The number of hydrogen-bond acceptors (Lipinski definition) is 7. The number of carbonyl (C=O) groups excluding carboxylic acids is 1. The summed E-state index contributed by atoms with van der Waals surface area (Å²) in [5.41, 5.74) is 3.11. The molecule has 1 aliphatic rings. The summed E-state index contributed by atoms with van der Waals surface area (Å²) in [5, 5.41) is 8.49. The number of nitrogens with one attached hydrogen (secondary N) is 1. The third-order valence-electron chi connectivity index (χ3n) is 6.29. The summed E-state index contributed by atoms with van der Waals surface area (Å²) in [4.78, 5) is 24.7. The first kappa shape index (κ1) is 21.6. The van der Waals surface area contributed by atoms with Crippen LogP contribution in [-0.2, 0) is 12.8 Å². The summed E-state index contributed by atoms with van der Waals surface area (Å²) in [7, 11) is 3.22. The van der Waals surface area contributed by atoms with Gasteiger partial charge in [-0.25, -0.2) is 9.97 Å². The molecule has 33 heavy (non-hydrogen) atoms. The number of carbonyl (C=O) groups is 1. The van der Waals surface area contributed by atoms with Gasteiger partial charge in [-0.2, -0.15) is 4.52 Å². The van der Waals surface area contributed by atoms with E-state index in [0.29, 0.717) is 30.4 Å². The fourth-order valence-electron chi connectivity index (χ4n) is 4.62. The highest BCUT2D eigenvalue weighted by atomic mass is 32.1. The SMILES string of the molecule is COc1ccc(CCNC(=O)c2nc3c4c5c(sc4nc(C)n3n2)CCCC5C)cc1OC. The number of fused-ring (bicyclic) bond motifs is 5. The number of hydrogen-bond donors (Lipinski definition) is 1. The molecule has 0 saturated heterocycles. The minimum atomic E-state index is -0.288. The number of aryl methyl sites for hydroxylation is 2. The summed E-state index contributed by atoms with van der Waals surface area (Å²) < 4.78 is 12.3. The maximum absolute atomic E-state index is 12.9. The Morgan fingerprint density at radius 3 is 2.85 bits per heavy atom. The molecule has 1 amide bonds. The molecule has 5 rings (SSSR count). The Bertz CT molecular complexity index is 1360. The lowest BCUT2D eigenvalue weighted by Gasteiger charge is -2.18. The van der Waals surface area contributed by atoms with Crippen molar-refractivity contribution in [1.29, 1.82) is 0 Å². The highest BCUT2D eigenvalue weighted by Gasteiger charge is 2.26. The van der Waals surface area contributed by atoms with Crippen LogP contribution in [0.3, 0.4) is 0 Å². The summed E-state index contributed by atoms with van der Waals surface area (Å²) in [6.45, 7) is 4.63. The molecule has 0 saturated carbocycles. The Balaban J connectivity index is 1.39. The van der Waals surface area contributed by atoms with Crippen molar-refractivity contribution in [2.45, 2.75) is 45.4 Å². The smallest absolute Gasteiger partial charge is 0.291 e. The van der Waals surface area contributed by atoms with Gasteiger partial charge in [0.05, 0.1) is 19.6 Å². The first-order valence-corrected chi connectivity index (χ1v) is 12.0. The number of nitrogens with zero attached hydrogens (tertiary/aromatic N) is 4. The maximum atomic E-state index is 12.9. The van der Waals surface area contributed by atoms with Crippen LogP contribution in [0.4, 0.5) is 0 Å². The number of benzene rings is 1. The van der Waals surface area contributed by atoms with E-state index in [1.54, 1.807) is 30.1 Å². The van der Waals surface area contributed by atoms with Crippen molar-refractivity contribution in [3.05, 3.63) is 45.9 Å². The first-order chi connectivity index (χ1) is 16.0. The van der Waals surface area contributed by atoms with Crippen molar-refractivity contribution < 1.29 is 14.3 Å². The third-order valence-corrected chi connectivity index (χ3v) is 7.45. The van der Waals surface area contributed by atoms with Gasteiger partial charge in [-0.3, -0.25) is 4.79 Å². The molecule has 0 bridgehead atoms. The lowest BCUT2D eigenvalue weighted by molar-refractivity contribution is 0.0944. The van der Waals surface area contributed by atoms with Crippen LogP contribution in [0, 0.1) is 6.92 Å². The molecule has 9 heteroatoms. The van der Waals surface area contributed by atoms with Gasteiger partial charge in [0, 0.05) is 11.4 Å². The predicted molar refractivity (Wildman–Crippen MR) is 128 cm³/mol. The van der Waals surface area contributed by atoms with E-state index in [9.17, 15) is 4.79 Å². The second-order valence-electron chi connectivity index (χ2n) is 8.44. The standard InChI is InChI=1S/C24H27N5O3S/c1-13-6-5-7-18-19(13)20-22-27-21(28-29(22)14(2)26-24(20)33-18)23(30)25-11-10-15-8-9-16(31-3)17(12-15)32-4/h8-9,12-13H,5-7,10-11H2,1-4H3,(H,25,30). The molecule has 0 fully saturated rings. The zero-order chi connectivity index (χ0) is 23.1. The molecule has 0 spiro atoms. The normalized spacial score (nSPS) is 15.6. The number of ether oxygens (including phenoxy) is 2. The second kappa shape index (κ2) is 8.62. The molecule has 1 aromatic carbocycles. The molecular formula is C24H27N5O3S. The monoisotopic (exact) mass is 465 g/mol. The largest absolute Gasteiger partial charge is 0.493 e. The van der Waals surface area contributed by atoms with Crippen molar-refractivity contribution in [1.82, 2.24) is 24.9 Å². The molecule has 1 unspecified atom stereocenters. The first-order valence-electron chi connectivity index (χ1n) is 11.2. The molecular weight excluding hydrogens is 438 g/mol. The molecule has 1 N–H and O–H groups in total. The van der Waals surface area contributed by atoms with Crippen LogP contribution in [0.15, 0.2) is 18.2 Å². The van der Waals surface area contributed by atoms with E-state index in [1.165, 1.54) is 16.9 Å². The van der Waals surface area contributed by atoms with Gasteiger partial charge in [-0.1, -0.05) is 13.0 Å². The summed E-state index contributed by atoms with van der Waals surface area (Å²) in [5.74, 6) is 2.43. The second-order valence-corrected chi connectivity index (χ2v) is 9.52. The lowest BCUT2D eigenvalue weighted by Crippen LogP contribution is -2.26. The molecule has 8 nitrogen and oxygen atoms in total. The number of rotatable bonds is 6. The quantitative estimate of drug-likeness (QED) is 0.462. The molecule has 172 valence electrons. The van der Waals surface area contributed by atoms with Gasteiger partial charge in [-0.15, -0.1) is 16.4 Å². The zero-order valence-corrected chi connectivity index (χ0v) is 20.1. The minimum absolute atomic E-state index is 0.170. The number of aromatic nitrogens is 4. The van der Waals surface area contributed by atoms with Crippen LogP contribution < -0.4 is 14.8 Å². The van der Waals surface area contributed by atoms with Crippen molar-refractivity contribution in [2.24, 2.45) is 0 Å². The van der Waals surface area contributed by atoms with Gasteiger partial charge >= 0.3 is 0 Å². The van der Waals surface area contributed by atoms with Gasteiger partial charge in [0.25, 0.3) is 5.91 Å². The van der Waals surface area contributed by atoms with Crippen LogP contribution in [0.25, 0.3) is 15.9 Å². The molecule has 0 aliphatic heterocycles. The zero-order valence-electron chi connectivity index (χ0n) is 19.3. The van der Waals surface area contributed by atoms with Gasteiger partial charge in [0.1, 0.15) is 10.7 Å². The van der Waals surface area contributed by atoms with E-state index >= 15 is 0 Å². The van der Waals surface area contributed by atoms with E-state index in [0.717, 1.165) is 40.1 Å². The Morgan fingerprint density at radius 2 is 2.06 bits per heavy atom. The number of amides is 1. The number of methoxy groups -OCH3 is 2. The highest BCUT2D eigenvalue weighted by Crippen LogP contribution is 2.42. The number of thiophene rings is 1. The summed E-state index contributed by atoms with van der Waals surface area (Å²) in [6.07, 6.45) is 4.11. The fraction of sp³-hybridized carbons (Fsp3) is 0.417. The van der Waals surface area contributed by atoms with Gasteiger partial charge in [-0.05, 0) is 61.8 Å². The molecule has 4 aromatic rings. The van der Waals surface area contributed by atoms with Crippen LogP contribution in [-0.4, -0.2) is 46.3 Å². The van der Waals surface area contributed by atoms with E-state index in [1.807, 2.05) is 25.1 Å². The predicted octanol–water partition coefficient (Wildman–Crippen LogP) is 4.08. The van der Waals surface area contributed by atoms with Crippen molar-refractivity contribution in [3.8, 4) is 11.5 Å². The van der Waals surface area contributed by atoms with Gasteiger partial charge in [0.2, 0.25) is 5.82 Å². The average Bonchev–Trinajstić information content (AvgIpc) is 3.41. The fourth-order valence-corrected chi connectivity index (χ4v) is 5.99. The van der Waals surface area contributed by atoms with Crippen LogP contribution in [0.1, 0.15) is 58.1 Å². The molecule has 0 radical (unpaired) electrons. The van der Waals surface area contributed by atoms with Crippen molar-refractivity contribution in [3.63, 3.8) is 0 Å². The van der Waals surface area contributed by atoms with E-state index in [-0.39, 0.29) is 11.7 Å². The van der Waals surface area contributed by atoms with Crippen LogP contribution in [0.2, 0.25) is 0 Å². The molecule has 1 aliphatic carbocycles. The minimum Gasteiger partial charge on any atom is -0.493 e. The topological polar surface area (TPSA) is 90.6 Å². The molecule has 3 aromatic heterocycles. The molecule has 3 heterocycles. The average molecular weight is 466 g/mol. The van der Waals surface area contributed by atoms with Crippen molar-refractivity contribution >= 4 is 33.1 Å². The Labute approximate surface area is 196 Å². The van der Waals surface area contributed by atoms with Crippen molar-refractivity contribution in [2.75, 3.05) is 20.8 Å². The Morgan fingerprint density at radius 1 is 1.24 bits per heavy atom.